The van der Waals surface area contributed by atoms with Gasteiger partial charge < -0.3 is 10.2 Å². The van der Waals surface area contributed by atoms with Gasteiger partial charge >= 0.3 is 0 Å². The zero-order valence-electron chi connectivity index (χ0n) is 14.4. The summed E-state index contributed by atoms with van der Waals surface area (Å²) < 4.78 is 0. The Labute approximate surface area is 151 Å². The number of amides is 1. The molecule has 3 nitrogen and oxygen atoms in total. The van der Waals surface area contributed by atoms with Crippen molar-refractivity contribution in [3.8, 4) is 0 Å². The molecule has 2 aliphatic heterocycles. The number of nitrogens with one attached hydrogen (secondary N) is 1. The fourth-order valence-electron chi connectivity index (χ4n) is 4.81. The van der Waals surface area contributed by atoms with Crippen LogP contribution < -0.4 is 5.32 Å². The van der Waals surface area contributed by atoms with Crippen LogP contribution >= 0.6 is 12.4 Å². The monoisotopic (exact) mass is 348 g/mol. The van der Waals surface area contributed by atoms with Crippen LogP contribution in [0.15, 0.2) is 30.3 Å². The molecule has 1 aromatic rings. The van der Waals surface area contributed by atoms with E-state index in [1.54, 1.807) is 0 Å². The van der Waals surface area contributed by atoms with Crippen molar-refractivity contribution in [2.45, 2.75) is 38.5 Å². The lowest BCUT2D eigenvalue weighted by molar-refractivity contribution is -0.147. The molecular weight excluding hydrogens is 320 g/mol. The van der Waals surface area contributed by atoms with E-state index in [4.69, 9.17) is 0 Å². The van der Waals surface area contributed by atoms with Gasteiger partial charge in [-0.25, -0.2) is 0 Å². The molecule has 1 amide bonds. The Hall–Kier alpha value is -1.06. The average molecular weight is 349 g/mol. The molecule has 4 heteroatoms. The maximum absolute atomic E-state index is 13.3. The lowest BCUT2D eigenvalue weighted by atomic mass is 9.64. The molecule has 0 aromatic heterocycles. The highest BCUT2D eigenvalue weighted by molar-refractivity contribution is 5.85. The standard InChI is InChI=1S/C20H28N2O.ClH/c23-19(22-11-7-17-14-21-15-18(17)8-12-22)20(9-4-10-20)13-16-5-2-1-3-6-16;/h1-3,5-6,17-18,21H,4,7-15H2;1H/t17-,18+;. The van der Waals surface area contributed by atoms with Gasteiger partial charge in [0.2, 0.25) is 5.91 Å². The van der Waals surface area contributed by atoms with Crippen LogP contribution in [0.3, 0.4) is 0 Å². The second kappa shape index (κ2) is 7.45. The first-order valence-corrected chi connectivity index (χ1v) is 9.31. The van der Waals surface area contributed by atoms with E-state index in [1.807, 2.05) is 0 Å². The first kappa shape index (κ1) is 17.8. The Morgan fingerprint density at radius 2 is 1.71 bits per heavy atom. The first-order valence-electron chi connectivity index (χ1n) is 9.31. The van der Waals surface area contributed by atoms with Gasteiger partial charge in [0.1, 0.15) is 0 Å². The summed E-state index contributed by atoms with van der Waals surface area (Å²) in [6.07, 6.45) is 6.66. The Kier molecular flexibility index (Phi) is 5.51. The average Bonchev–Trinajstić information content (AvgIpc) is 2.90. The van der Waals surface area contributed by atoms with Gasteiger partial charge in [-0.1, -0.05) is 36.8 Å². The molecule has 3 fully saturated rings. The zero-order valence-corrected chi connectivity index (χ0v) is 15.2. The molecule has 1 aliphatic carbocycles. The van der Waals surface area contributed by atoms with E-state index in [0.717, 1.165) is 57.3 Å². The molecule has 1 aromatic carbocycles. The van der Waals surface area contributed by atoms with Crippen molar-refractivity contribution < 1.29 is 4.79 Å². The largest absolute Gasteiger partial charge is 0.342 e. The molecule has 4 rings (SSSR count). The van der Waals surface area contributed by atoms with Crippen LogP contribution in [-0.2, 0) is 11.2 Å². The fraction of sp³-hybridized carbons (Fsp3) is 0.650. The molecule has 1 N–H and O–H groups in total. The zero-order chi connectivity index (χ0) is 15.7. The van der Waals surface area contributed by atoms with Gasteiger partial charge in [0.05, 0.1) is 5.41 Å². The second-order valence-corrected chi connectivity index (χ2v) is 7.84. The minimum Gasteiger partial charge on any atom is -0.342 e. The summed E-state index contributed by atoms with van der Waals surface area (Å²) in [4.78, 5) is 15.5. The third-order valence-electron chi connectivity index (χ3n) is 6.46. The van der Waals surface area contributed by atoms with Crippen LogP contribution in [0.2, 0.25) is 0 Å². The van der Waals surface area contributed by atoms with Crippen molar-refractivity contribution in [2.24, 2.45) is 17.3 Å². The lowest BCUT2D eigenvalue weighted by Gasteiger charge is -2.43. The molecular formula is C20H29ClN2O. The predicted molar refractivity (Wildman–Crippen MR) is 99.3 cm³/mol. The Morgan fingerprint density at radius 1 is 1.08 bits per heavy atom. The molecule has 24 heavy (non-hydrogen) atoms. The quantitative estimate of drug-likeness (QED) is 0.909. The smallest absolute Gasteiger partial charge is 0.229 e. The Morgan fingerprint density at radius 3 is 2.25 bits per heavy atom. The molecule has 0 radical (unpaired) electrons. The molecule has 0 spiro atoms. The van der Waals surface area contributed by atoms with Gasteiger partial charge in [-0.05, 0) is 62.6 Å². The molecule has 1 saturated carbocycles. The van der Waals surface area contributed by atoms with E-state index in [-0.39, 0.29) is 17.8 Å². The molecule has 2 heterocycles. The Bertz CT molecular complexity index is 544. The second-order valence-electron chi connectivity index (χ2n) is 7.84. The number of benzene rings is 1. The maximum Gasteiger partial charge on any atom is 0.229 e. The number of carbonyl (C=O) groups is 1. The normalized spacial score (nSPS) is 28.2. The van der Waals surface area contributed by atoms with Gasteiger partial charge in [-0.2, -0.15) is 0 Å². The third-order valence-corrected chi connectivity index (χ3v) is 6.46. The van der Waals surface area contributed by atoms with Crippen molar-refractivity contribution in [2.75, 3.05) is 26.2 Å². The Balaban J connectivity index is 0.00000169. The highest BCUT2D eigenvalue weighted by Crippen LogP contribution is 2.45. The van der Waals surface area contributed by atoms with E-state index in [0.29, 0.717) is 5.91 Å². The molecule has 2 saturated heterocycles. The molecule has 0 bridgehead atoms. The van der Waals surface area contributed by atoms with E-state index >= 15 is 0 Å². The van der Waals surface area contributed by atoms with E-state index in [9.17, 15) is 4.79 Å². The number of hydrogen-bond donors (Lipinski definition) is 1. The number of nitrogens with zero attached hydrogens (tertiary/aromatic N) is 1. The molecule has 0 unspecified atom stereocenters. The summed E-state index contributed by atoms with van der Waals surface area (Å²) in [5.41, 5.74) is 1.22. The summed E-state index contributed by atoms with van der Waals surface area (Å²) >= 11 is 0. The summed E-state index contributed by atoms with van der Waals surface area (Å²) in [6.45, 7) is 4.25. The van der Waals surface area contributed by atoms with Gasteiger partial charge in [0.25, 0.3) is 0 Å². The van der Waals surface area contributed by atoms with Gasteiger partial charge in [-0.15, -0.1) is 12.4 Å². The summed E-state index contributed by atoms with van der Waals surface area (Å²) in [6, 6.07) is 10.6. The van der Waals surface area contributed by atoms with Gasteiger partial charge in [0, 0.05) is 13.1 Å². The van der Waals surface area contributed by atoms with Crippen molar-refractivity contribution in [3.63, 3.8) is 0 Å². The molecule has 132 valence electrons. The fourth-order valence-corrected chi connectivity index (χ4v) is 4.81. The van der Waals surface area contributed by atoms with Gasteiger partial charge in [-0.3, -0.25) is 4.79 Å². The van der Waals surface area contributed by atoms with Crippen molar-refractivity contribution in [3.05, 3.63) is 35.9 Å². The van der Waals surface area contributed by atoms with Crippen molar-refractivity contribution in [1.29, 1.82) is 0 Å². The van der Waals surface area contributed by atoms with E-state index in [2.05, 4.69) is 40.5 Å². The van der Waals surface area contributed by atoms with Crippen LogP contribution in [-0.4, -0.2) is 37.0 Å². The number of halogens is 1. The van der Waals surface area contributed by atoms with Crippen molar-refractivity contribution >= 4 is 18.3 Å². The molecule has 2 atom stereocenters. The van der Waals surface area contributed by atoms with Crippen LogP contribution in [0, 0.1) is 17.3 Å². The predicted octanol–water partition coefficient (Wildman–Crippen LogP) is 3.28. The van der Waals surface area contributed by atoms with Crippen LogP contribution in [0.25, 0.3) is 0 Å². The first-order chi connectivity index (χ1) is 11.3. The van der Waals surface area contributed by atoms with Crippen LogP contribution in [0.1, 0.15) is 37.7 Å². The minimum atomic E-state index is -0.0982. The van der Waals surface area contributed by atoms with Crippen LogP contribution in [0.4, 0.5) is 0 Å². The topological polar surface area (TPSA) is 32.3 Å². The summed E-state index contributed by atoms with van der Waals surface area (Å²) in [5.74, 6) is 2.03. The third kappa shape index (κ3) is 3.34. The maximum atomic E-state index is 13.3. The highest BCUT2D eigenvalue weighted by Gasteiger charge is 2.46. The number of likely N-dealkylation sites (tertiary alicyclic amines) is 1. The minimum absolute atomic E-state index is 0. The van der Waals surface area contributed by atoms with Crippen LogP contribution in [0.5, 0.6) is 0 Å². The van der Waals surface area contributed by atoms with E-state index in [1.165, 1.54) is 24.8 Å². The summed E-state index contributed by atoms with van der Waals surface area (Å²) in [5, 5.41) is 3.52. The highest BCUT2D eigenvalue weighted by atomic mass is 35.5. The lowest BCUT2D eigenvalue weighted by Crippen LogP contribution is -2.49. The SMILES string of the molecule is Cl.O=C(N1CC[C@@H]2CNC[C@@H]2CC1)C1(Cc2ccccc2)CCC1. The van der Waals surface area contributed by atoms with E-state index < -0.39 is 0 Å². The van der Waals surface area contributed by atoms with Gasteiger partial charge in [0.15, 0.2) is 0 Å². The number of carbonyl (C=O) groups excluding carboxylic acids is 1. The number of rotatable bonds is 3. The number of fused-ring (bicyclic) bond motifs is 1. The van der Waals surface area contributed by atoms with Crippen molar-refractivity contribution in [1.82, 2.24) is 10.2 Å². The molecule has 3 aliphatic rings. The summed E-state index contributed by atoms with van der Waals surface area (Å²) in [7, 11) is 0. The number of hydrogen-bond acceptors (Lipinski definition) is 2.